The molecule has 0 saturated heterocycles. The van der Waals surface area contributed by atoms with Gasteiger partial charge in [0.05, 0.1) is 15.8 Å². The van der Waals surface area contributed by atoms with Gasteiger partial charge in [-0.05, 0) is 30.3 Å². The van der Waals surface area contributed by atoms with Crippen molar-refractivity contribution < 1.29 is 9.53 Å². The number of rotatable bonds is 4. The Morgan fingerprint density at radius 1 is 1.12 bits per heavy atom. The van der Waals surface area contributed by atoms with E-state index in [1.165, 1.54) is 29.6 Å². The van der Waals surface area contributed by atoms with Crippen LogP contribution in [0.25, 0.3) is 20.8 Å². The normalized spacial score (nSPS) is 10.8. The second-order valence-corrected chi connectivity index (χ2v) is 7.70. The number of carbonyl (C=O) groups is 1. The number of anilines is 2. The van der Waals surface area contributed by atoms with E-state index in [1.807, 2.05) is 30.3 Å². The molecule has 2 aromatic heterocycles. The lowest BCUT2D eigenvalue weighted by Gasteiger charge is -2.05. The third kappa shape index (κ3) is 3.52. The summed E-state index contributed by atoms with van der Waals surface area (Å²) in [5, 5.41) is 14.1. The molecule has 6 nitrogen and oxygen atoms in total. The van der Waals surface area contributed by atoms with Crippen LogP contribution in [0, 0.1) is 0 Å². The standard InChI is InChI=1S/C17H11ClN4O2S2/c1-9(23)24-13-5-3-2-4-11(13)15-21-22-17(26-15)20-16-19-12-7-6-10(18)8-14(12)25-16/h2-8H,1H3,(H,19,20,22). The number of para-hydroxylation sites is 1. The number of nitrogens with zero attached hydrogens (tertiary/aromatic N) is 3. The van der Waals surface area contributed by atoms with Gasteiger partial charge in [0.1, 0.15) is 5.75 Å². The number of fused-ring (bicyclic) bond motifs is 1. The molecule has 0 unspecified atom stereocenters. The van der Waals surface area contributed by atoms with E-state index in [2.05, 4.69) is 20.5 Å². The Hall–Kier alpha value is -2.55. The number of esters is 1. The lowest BCUT2D eigenvalue weighted by atomic mass is 10.2. The van der Waals surface area contributed by atoms with Gasteiger partial charge in [-0.15, -0.1) is 10.2 Å². The highest BCUT2D eigenvalue weighted by Crippen LogP contribution is 2.36. The average molecular weight is 403 g/mol. The molecule has 0 amide bonds. The van der Waals surface area contributed by atoms with Crippen molar-refractivity contribution in [2.75, 3.05) is 5.32 Å². The Bertz CT molecular complexity index is 1110. The Balaban J connectivity index is 1.61. The van der Waals surface area contributed by atoms with Gasteiger partial charge in [-0.3, -0.25) is 4.79 Å². The van der Waals surface area contributed by atoms with E-state index in [1.54, 1.807) is 12.1 Å². The highest BCUT2D eigenvalue weighted by Gasteiger charge is 2.14. The molecule has 2 heterocycles. The van der Waals surface area contributed by atoms with E-state index in [0.29, 0.717) is 31.6 Å². The van der Waals surface area contributed by atoms with E-state index in [4.69, 9.17) is 16.3 Å². The molecule has 4 aromatic rings. The molecule has 1 N–H and O–H groups in total. The van der Waals surface area contributed by atoms with Crippen LogP contribution in [0.5, 0.6) is 5.75 Å². The summed E-state index contributed by atoms with van der Waals surface area (Å²) in [6.45, 7) is 1.36. The van der Waals surface area contributed by atoms with E-state index < -0.39 is 0 Å². The Kier molecular flexibility index (Phi) is 4.54. The molecule has 0 fully saturated rings. The summed E-state index contributed by atoms with van der Waals surface area (Å²) in [5.74, 6) is 0.0748. The minimum atomic E-state index is -0.381. The molecule has 0 saturated carbocycles. The minimum Gasteiger partial charge on any atom is -0.426 e. The Labute approximate surface area is 161 Å². The van der Waals surface area contributed by atoms with Crippen molar-refractivity contribution in [2.24, 2.45) is 0 Å². The number of benzene rings is 2. The molecule has 0 aliphatic rings. The third-order valence-corrected chi connectivity index (χ3v) is 5.40. The van der Waals surface area contributed by atoms with Crippen LogP contribution in [0.4, 0.5) is 10.3 Å². The van der Waals surface area contributed by atoms with Gasteiger partial charge in [0.15, 0.2) is 10.1 Å². The third-order valence-electron chi connectivity index (χ3n) is 3.36. The number of thiazole rings is 1. The lowest BCUT2D eigenvalue weighted by Crippen LogP contribution is -2.02. The molecule has 0 spiro atoms. The van der Waals surface area contributed by atoms with Crippen molar-refractivity contribution in [3.05, 3.63) is 47.5 Å². The molecule has 0 radical (unpaired) electrons. The van der Waals surface area contributed by atoms with E-state index in [9.17, 15) is 4.79 Å². The van der Waals surface area contributed by atoms with Crippen molar-refractivity contribution in [1.82, 2.24) is 15.2 Å². The van der Waals surface area contributed by atoms with Crippen molar-refractivity contribution in [1.29, 1.82) is 0 Å². The number of hydrogen-bond acceptors (Lipinski definition) is 8. The topological polar surface area (TPSA) is 77.0 Å². The maximum absolute atomic E-state index is 11.3. The first-order chi connectivity index (χ1) is 12.6. The van der Waals surface area contributed by atoms with Crippen molar-refractivity contribution >= 4 is 60.7 Å². The monoisotopic (exact) mass is 402 g/mol. The molecular weight excluding hydrogens is 392 g/mol. The highest BCUT2D eigenvalue weighted by atomic mass is 35.5. The molecule has 0 aliphatic carbocycles. The summed E-state index contributed by atoms with van der Waals surface area (Å²) in [6, 6.07) is 12.8. The van der Waals surface area contributed by atoms with Gasteiger partial charge in [0.2, 0.25) is 5.13 Å². The molecule has 0 aliphatic heterocycles. The summed E-state index contributed by atoms with van der Waals surface area (Å²) < 4.78 is 6.23. The second kappa shape index (κ2) is 6.99. The average Bonchev–Trinajstić information content (AvgIpc) is 3.21. The van der Waals surface area contributed by atoms with Crippen LogP contribution in [0.2, 0.25) is 5.02 Å². The maximum Gasteiger partial charge on any atom is 0.308 e. The fourth-order valence-electron chi connectivity index (χ4n) is 2.31. The number of nitrogens with one attached hydrogen (secondary N) is 1. The summed E-state index contributed by atoms with van der Waals surface area (Å²) in [5.41, 5.74) is 1.58. The summed E-state index contributed by atoms with van der Waals surface area (Å²) in [6.07, 6.45) is 0. The zero-order chi connectivity index (χ0) is 18.1. The van der Waals surface area contributed by atoms with Crippen LogP contribution in [0.3, 0.4) is 0 Å². The van der Waals surface area contributed by atoms with Gasteiger partial charge < -0.3 is 10.1 Å². The van der Waals surface area contributed by atoms with Gasteiger partial charge in [-0.1, -0.05) is 46.4 Å². The van der Waals surface area contributed by atoms with E-state index in [0.717, 1.165) is 10.2 Å². The minimum absolute atomic E-state index is 0.381. The van der Waals surface area contributed by atoms with Crippen LogP contribution < -0.4 is 10.1 Å². The van der Waals surface area contributed by atoms with Crippen LogP contribution in [0.1, 0.15) is 6.92 Å². The fourth-order valence-corrected chi connectivity index (χ4v) is 4.29. The largest absolute Gasteiger partial charge is 0.426 e. The van der Waals surface area contributed by atoms with Gasteiger partial charge in [-0.2, -0.15) is 0 Å². The number of ether oxygens (including phenoxy) is 1. The highest BCUT2D eigenvalue weighted by molar-refractivity contribution is 7.23. The Morgan fingerprint density at radius 2 is 1.96 bits per heavy atom. The summed E-state index contributed by atoms with van der Waals surface area (Å²) >= 11 is 8.85. The van der Waals surface area contributed by atoms with Gasteiger partial charge in [0, 0.05) is 11.9 Å². The van der Waals surface area contributed by atoms with Crippen molar-refractivity contribution in [3.8, 4) is 16.3 Å². The molecule has 2 aromatic carbocycles. The second-order valence-electron chi connectivity index (χ2n) is 5.26. The molecule has 26 heavy (non-hydrogen) atoms. The molecule has 4 rings (SSSR count). The SMILES string of the molecule is CC(=O)Oc1ccccc1-c1nnc(Nc2nc3ccc(Cl)cc3s2)s1. The first kappa shape index (κ1) is 16.9. The number of carbonyl (C=O) groups excluding carboxylic acids is 1. The van der Waals surface area contributed by atoms with Crippen LogP contribution in [0.15, 0.2) is 42.5 Å². The van der Waals surface area contributed by atoms with Gasteiger partial charge in [-0.25, -0.2) is 4.98 Å². The first-order valence-electron chi connectivity index (χ1n) is 7.53. The Morgan fingerprint density at radius 3 is 2.81 bits per heavy atom. The quantitative estimate of drug-likeness (QED) is 0.376. The first-order valence-corrected chi connectivity index (χ1v) is 9.54. The fraction of sp³-hybridized carbons (Fsp3) is 0.0588. The lowest BCUT2D eigenvalue weighted by molar-refractivity contribution is -0.131. The van der Waals surface area contributed by atoms with Crippen LogP contribution in [-0.2, 0) is 4.79 Å². The molecule has 0 atom stereocenters. The zero-order valence-electron chi connectivity index (χ0n) is 13.4. The van der Waals surface area contributed by atoms with E-state index in [-0.39, 0.29) is 5.97 Å². The zero-order valence-corrected chi connectivity index (χ0v) is 15.8. The molecule has 9 heteroatoms. The van der Waals surface area contributed by atoms with Crippen molar-refractivity contribution in [3.63, 3.8) is 0 Å². The van der Waals surface area contributed by atoms with Crippen molar-refractivity contribution in [2.45, 2.75) is 6.92 Å². The van der Waals surface area contributed by atoms with Gasteiger partial charge >= 0.3 is 5.97 Å². The number of halogens is 1. The molecule has 0 bridgehead atoms. The predicted octanol–water partition coefficient (Wildman–Crippen LogP) is 5.14. The molecular formula is C17H11ClN4O2S2. The van der Waals surface area contributed by atoms with Gasteiger partial charge in [0.25, 0.3) is 0 Å². The predicted molar refractivity (Wildman–Crippen MR) is 105 cm³/mol. The number of hydrogen-bond donors (Lipinski definition) is 1. The summed E-state index contributed by atoms with van der Waals surface area (Å²) in [7, 11) is 0. The summed E-state index contributed by atoms with van der Waals surface area (Å²) in [4.78, 5) is 15.8. The van der Waals surface area contributed by atoms with Crippen LogP contribution in [-0.4, -0.2) is 21.2 Å². The van der Waals surface area contributed by atoms with E-state index >= 15 is 0 Å². The molecule has 130 valence electrons. The van der Waals surface area contributed by atoms with Crippen LogP contribution >= 0.6 is 34.3 Å². The smallest absolute Gasteiger partial charge is 0.308 e. The maximum atomic E-state index is 11.3. The number of aromatic nitrogens is 3.